The minimum Gasteiger partial charge on any atom is -0.508 e. The summed E-state index contributed by atoms with van der Waals surface area (Å²) in [4.78, 5) is 41.4. The number of carbonyl (C=O) groups excluding carboxylic acids is 3. The Morgan fingerprint density at radius 3 is 2.42 bits per heavy atom. The Morgan fingerprint density at radius 1 is 1.18 bits per heavy atom. The van der Waals surface area contributed by atoms with E-state index in [1.54, 1.807) is 64.1 Å². The first kappa shape index (κ1) is 27.5. The minimum absolute atomic E-state index is 0.0679. The van der Waals surface area contributed by atoms with Crippen LogP contribution in [0.2, 0.25) is 0 Å². The number of β-lactam (4-membered cyclic amide) rings is 1. The molecule has 38 heavy (non-hydrogen) atoms. The molecular formula is C28H33F2N3O5. The highest BCUT2D eigenvalue weighted by Crippen LogP contribution is 2.52. The van der Waals surface area contributed by atoms with E-state index >= 15 is 8.78 Å². The number of aromatic hydroxyl groups is 1. The molecule has 0 saturated carbocycles. The molecule has 2 aromatic rings. The average molecular weight is 530 g/mol. The number of nitrogens with one attached hydrogen (secondary N) is 1. The van der Waals surface area contributed by atoms with Crippen LogP contribution in [0.3, 0.4) is 0 Å². The van der Waals surface area contributed by atoms with Crippen molar-refractivity contribution in [1.29, 1.82) is 0 Å². The molecule has 3 amide bonds. The molecule has 4 rings (SSSR count). The van der Waals surface area contributed by atoms with E-state index in [1.807, 2.05) is 0 Å². The quantitative estimate of drug-likeness (QED) is 0.478. The molecule has 2 aliphatic rings. The molecule has 0 aromatic heterocycles. The zero-order valence-electron chi connectivity index (χ0n) is 22.0. The number of likely N-dealkylation sites (tertiary alicyclic amines) is 2. The summed E-state index contributed by atoms with van der Waals surface area (Å²) >= 11 is 0. The summed E-state index contributed by atoms with van der Waals surface area (Å²) in [6, 6.07) is 9.30. The van der Waals surface area contributed by atoms with Crippen LogP contribution in [0, 0.1) is 13.8 Å². The number of hydrogen-bond donors (Lipinski definition) is 3. The van der Waals surface area contributed by atoms with E-state index in [4.69, 9.17) is 0 Å². The fourth-order valence-electron chi connectivity index (χ4n) is 5.76. The molecule has 10 heteroatoms. The van der Waals surface area contributed by atoms with Gasteiger partial charge in [0.05, 0.1) is 12.6 Å². The summed E-state index contributed by atoms with van der Waals surface area (Å²) in [5.74, 6) is -6.38. The monoisotopic (exact) mass is 529 g/mol. The summed E-state index contributed by atoms with van der Waals surface area (Å²) < 4.78 is 30.2. The Labute approximate surface area is 220 Å². The third-order valence-electron chi connectivity index (χ3n) is 8.14. The van der Waals surface area contributed by atoms with Crippen LogP contribution in [0.15, 0.2) is 42.5 Å². The average Bonchev–Trinajstić information content (AvgIpc) is 3.06. The Hall–Kier alpha value is -3.53. The molecule has 3 N–H and O–H groups in total. The van der Waals surface area contributed by atoms with Gasteiger partial charge in [0.25, 0.3) is 17.7 Å². The van der Waals surface area contributed by atoms with Crippen LogP contribution in [0.25, 0.3) is 0 Å². The second-order valence-corrected chi connectivity index (χ2v) is 10.4. The highest BCUT2D eigenvalue weighted by atomic mass is 19.3. The number of benzene rings is 2. The number of alkyl halides is 2. The van der Waals surface area contributed by atoms with Gasteiger partial charge in [-0.15, -0.1) is 0 Å². The van der Waals surface area contributed by atoms with Crippen molar-refractivity contribution >= 4 is 17.7 Å². The summed E-state index contributed by atoms with van der Waals surface area (Å²) in [6.07, 6.45) is -1.92. The molecule has 2 unspecified atom stereocenters. The molecule has 2 aromatic carbocycles. The number of likely N-dealkylation sites (N-methyl/N-ethyl adjacent to an activating group) is 1. The first-order valence-corrected chi connectivity index (χ1v) is 12.6. The third-order valence-corrected chi connectivity index (χ3v) is 8.14. The number of carbonyl (C=O) groups is 3. The lowest BCUT2D eigenvalue weighted by Crippen LogP contribution is -2.78. The highest BCUT2D eigenvalue weighted by Gasteiger charge is 2.77. The van der Waals surface area contributed by atoms with Crippen LogP contribution in [-0.2, 0) is 9.59 Å². The van der Waals surface area contributed by atoms with E-state index in [9.17, 15) is 24.6 Å². The van der Waals surface area contributed by atoms with E-state index in [1.165, 1.54) is 13.0 Å². The van der Waals surface area contributed by atoms with Crippen molar-refractivity contribution in [3.63, 3.8) is 0 Å². The Bertz CT molecular complexity index is 1270. The number of rotatable bonds is 7. The van der Waals surface area contributed by atoms with Crippen molar-refractivity contribution in [1.82, 2.24) is 15.1 Å². The predicted octanol–water partition coefficient (Wildman–Crippen LogP) is 2.74. The van der Waals surface area contributed by atoms with Crippen molar-refractivity contribution in [2.45, 2.75) is 70.2 Å². The van der Waals surface area contributed by atoms with Gasteiger partial charge < -0.3 is 25.3 Å². The lowest BCUT2D eigenvalue weighted by atomic mass is 9.78. The normalized spacial score (nSPS) is 24.3. The summed E-state index contributed by atoms with van der Waals surface area (Å²) in [5, 5.41) is 24.2. The van der Waals surface area contributed by atoms with E-state index < -0.39 is 59.8 Å². The van der Waals surface area contributed by atoms with Gasteiger partial charge >= 0.3 is 0 Å². The molecule has 8 nitrogen and oxygen atoms in total. The molecule has 0 aliphatic carbocycles. The van der Waals surface area contributed by atoms with Crippen LogP contribution < -0.4 is 5.32 Å². The SMILES string of the molecule is CCN1C(=O)[C@H]2N(C(=O)[C@@H](O)C(NC(=O)c3cc(C)cc(O)c3C)[C@@H](C)c3ccccc3)CC(F)(F)C21C. The molecule has 2 heterocycles. The molecule has 2 aliphatic heterocycles. The van der Waals surface area contributed by atoms with Gasteiger partial charge in [0.1, 0.15) is 17.3 Å². The largest absolute Gasteiger partial charge is 0.508 e. The number of phenolic OH excluding ortho intramolecular Hbond substituents is 1. The maximum absolute atomic E-state index is 15.1. The number of nitrogens with zero attached hydrogens (tertiary/aromatic N) is 2. The maximum atomic E-state index is 15.1. The van der Waals surface area contributed by atoms with Crippen LogP contribution in [-0.4, -0.2) is 80.5 Å². The Morgan fingerprint density at radius 2 is 1.82 bits per heavy atom. The summed E-state index contributed by atoms with van der Waals surface area (Å²) in [7, 11) is 0. The van der Waals surface area contributed by atoms with Gasteiger partial charge in [0.15, 0.2) is 6.10 Å². The first-order chi connectivity index (χ1) is 17.8. The van der Waals surface area contributed by atoms with Crippen LogP contribution >= 0.6 is 0 Å². The lowest BCUT2D eigenvalue weighted by Gasteiger charge is -2.54. The van der Waals surface area contributed by atoms with Gasteiger partial charge in [-0.1, -0.05) is 37.3 Å². The molecule has 2 fully saturated rings. The van der Waals surface area contributed by atoms with Crippen LogP contribution in [0.1, 0.15) is 53.7 Å². The molecule has 0 bridgehead atoms. The van der Waals surface area contributed by atoms with Gasteiger partial charge in [-0.25, -0.2) is 8.78 Å². The predicted molar refractivity (Wildman–Crippen MR) is 136 cm³/mol. The number of hydrogen-bond acceptors (Lipinski definition) is 5. The molecule has 204 valence electrons. The zero-order chi connectivity index (χ0) is 28.2. The van der Waals surface area contributed by atoms with E-state index in [2.05, 4.69) is 5.32 Å². The summed E-state index contributed by atoms with van der Waals surface area (Å²) in [5.41, 5.74) is -0.0732. The van der Waals surface area contributed by atoms with Gasteiger partial charge in [-0.3, -0.25) is 14.4 Å². The number of aliphatic hydroxyl groups excluding tert-OH is 1. The Kier molecular flexibility index (Phi) is 6.98. The molecule has 2 saturated heterocycles. The van der Waals surface area contributed by atoms with Gasteiger partial charge in [0, 0.05) is 23.6 Å². The van der Waals surface area contributed by atoms with Crippen molar-refractivity contribution in [2.75, 3.05) is 13.1 Å². The number of amides is 3. The standard InChI is InChI=1S/C28H33F2N3O5/c1-6-33-26(38)23-27(33,5)28(29,30)14-32(23)25(37)22(35)21(16(3)18-10-8-7-9-11-18)31-24(36)19-12-15(2)13-20(34)17(19)4/h7-13,16,21-23,34-35H,6,14H2,1-5H3,(H,31,36)/t16-,21?,22-,23+,27?/m0/s1. The van der Waals surface area contributed by atoms with Crippen molar-refractivity contribution in [3.8, 4) is 5.75 Å². The highest BCUT2D eigenvalue weighted by molar-refractivity contribution is 5.99. The maximum Gasteiger partial charge on any atom is 0.290 e. The van der Waals surface area contributed by atoms with Gasteiger partial charge in [-0.2, -0.15) is 0 Å². The second kappa shape index (κ2) is 9.65. The Balaban J connectivity index is 1.68. The number of aliphatic hydroxyl groups is 1. The van der Waals surface area contributed by atoms with Crippen LogP contribution in [0.4, 0.5) is 8.78 Å². The zero-order valence-corrected chi connectivity index (χ0v) is 22.0. The van der Waals surface area contributed by atoms with Crippen LogP contribution in [0.5, 0.6) is 5.75 Å². The first-order valence-electron chi connectivity index (χ1n) is 12.6. The lowest BCUT2D eigenvalue weighted by molar-refractivity contribution is -0.190. The number of fused-ring (bicyclic) bond motifs is 1. The number of halogens is 2. The molecule has 0 spiro atoms. The second-order valence-electron chi connectivity index (χ2n) is 10.4. The van der Waals surface area contributed by atoms with Gasteiger partial charge in [0.2, 0.25) is 5.91 Å². The smallest absolute Gasteiger partial charge is 0.290 e. The third kappa shape index (κ3) is 4.11. The molecule has 0 radical (unpaired) electrons. The fraction of sp³-hybridized carbons (Fsp3) is 0.464. The van der Waals surface area contributed by atoms with Crippen molar-refractivity contribution < 1.29 is 33.4 Å². The van der Waals surface area contributed by atoms with Crippen molar-refractivity contribution in [3.05, 3.63) is 64.7 Å². The van der Waals surface area contributed by atoms with Crippen molar-refractivity contribution in [2.24, 2.45) is 0 Å². The van der Waals surface area contributed by atoms with Gasteiger partial charge in [-0.05, 0) is 51.0 Å². The summed E-state index contributed by atoms with van der Waals surface area (Å²) in [6.45, 7) is 6.87. The van der Waals surface area contributed by atoms with E-state index in [-0.39, 0.29) is 17.9 Å². The molecular weight excluding hydrogens is 496 g/mol. The fourth-order valence-corrected chi connectivity index (χ4v) is 5.76. The van der Waals surface area contributed by atoms with E-state index in [0.717, 1.165) is 9.80 Å². The topological polar surface area (TPSA) is 110 Å². The number of phenols is 1. The minimum atomic E-state index is -3.38. The molecule has 5 atom stereocenters. The number of aryl methyl sites for hydroxylation is 1. The van der Waals surface area contributed by atoms with E-state index in [0.29, 0.717) is 16.7 Å².